The molecule has 0 radical (unpaired) electrons. The Balaban J connectivity index is 1.38. The minimum Gasteiger partial charge on any atom is -0.370 e. The molecule has 202 valence electrons. The third-order valence-electron chi connectivity index (χ3n) is 6.62. The lowest BCUT2D eigenvalue weighted by molar-refractivity contribution is -0.137. The summed E-state index contributed by atoms with van der Waals surface area (Å²) in [6, 6.07) is 18.6. The molecule has 1 N–H and O–H groups in total. The van der Waals surface area contributed by atoms with Crippen LogP contribution in [0, 0.1) is 0 Å². The summed E-state index contributed by atoms with van der Waals surface area (Å²) < 4.78 is 68.5. The molecule has 0 aliphatic carbocycles. The molecule has 10 heteroatoms. The second kappa shape index (κ2) is 11.2. The fourth-order valence-corrected chi connectivity index (χ4v) is 5.16. The van der Waals surface area contributed by atoms with Gasteiger partial charge in [-0.2, -0.15) is 13.2 Å². The third-order valence-corrected chi connectivity index (χ3v) is 8.37. The predicted octanol–water partition coefficient (Wildman–Crippen LogP) is 5.40. The normalized spacial score (nSPS) is 18.3. The van der Waals surface area contributed by atoms with Crippen molar-refractivity contribution in [1.82, 2.24) is 5.32 Å². The number of alkyl halides is 3. The van der Waals surface area contributed by atoms with E-state index in [2.05, 4.69) is 10.2 Å². The molecule has 1 aliphatic heterocycles. The Morgan fingerprint density at radius 3 is 2.21 bits per heavy atom. The van der Waals surface area contributed by atoms with Crippen LogP contribution in [0.5, 0.6) is 0 Å². The molecule has 3 aromatic carbocycles. The second-order valence-electron chi connectivity index (χ2n) is 9.22. The van der Waals surface area contributed by atoms with E-state index in [1.165, 1.54) is 24.3 Å². The van der Waals surface area contributed by atoms with E-state index in [1.807, 2.05) is 19.1 Å². The van der Waals surface area contributed by atoms with Crippen LogP contribution in [0.15, 0.2) is 77.7 Å². The Bertz CT molecular complexity index is 1360. The number of benzene rings is 3. The zero-order valence-corrected chi connectivity index (χ0v) is 21.9. The number of halogens is 3. The van der Waals surface area contributed by atoms with Crippen LogP contribution >= 0.6 is 0 Å². The average molecular weight is 547 g/mol. The van der Waals surface area contributed by atoms with Crippen molar-refractivity contribution in [2.24, 2.45) is 0 Å². The summed E-state index contributed by atoms with van der Waals surface area (Å²) in [5, 5.41) is 2.84. The number of anilines is 1. The maximum Gasteiger partial charge on any atom is 0.416 e. The summed E-state index contributed by atoms with van der Waals surface area (Å²) in [5.74, 6) is -0.239. The number of hydrogen-bond acceptors (Lipinski definition) is 5. The number of nitrogens with one attached hydrogen (secondary N) is 1. The number of ether oxygens (including phenoxy) is 1. The van der Waals surface area contributed by atoms with Crippen molar-refractivity contribution in [3.63, 3.8) is 0 Å². The van der Waals surface area contributed by atoms with Gasteiger partial charge in [0, 0.05) is 30.4 Å². The molecule has 1 saturated heterocycles. The van der Waals surface area contributed by atoms with E-state index in [0.29, 0.717) is 24.3 Å². The first-order valence-electron chi connectivity index (χ1n) is 12.2. The number of carbonyl (C=O) groups is 1. The van der Waals surface area contributed by atoms with E-state index >= 15 is 0 Å². The molecular weight excluding hydrogens is 517 g/mol. The first kappa shape index (κ1) is 27.7. The van der Waals surface area contributed by atoms with Gasteiger partial charge in [0.2, 0.25) is 0 Å². The Labute approximate surface area is 220 Å². The van der Waals surface area contributed by atoms with Gasteiger partial charge < -0.3 is 15.0 Å². The SMILES string of the molecule is CCS(=O)(=O)c1ccc(CNC(=O)c2ccc(N3CC(c4ccc(C(F)(F)F)cc4)OCC3C)cc2)cc1. The van der Waals surface area contributed by atoms with E-state index in [9.17, 15) is 26.4 Å². The van der Waals surface area contributed by atoms with Gasteiger partial charge in [-0.1, -0.05) is 31.2 Å². The van der Waals surface area contributed by atoms with Crippen molar-refractivity contribution in [3.8, 4) is 0 Å². The van der Waals surface area contributed by atoms with E-state index in [4.69, 9.17) is 4.74 Å². The van der Waals surface area contributed by atoms with Crippen LogP contribution in [0.4, 0.5) is 18.9 Å². The van der Waals surface area contributed by atoms with Crippen molar-refractivity contribution in [3.05, 3.63) is 95.1 Å². The molecule has 4 rings (SSSR count). The van der Waals surface area contributed by atoms with Crippen molar-refractivity contribution in [1.29, 1.82) is 0 Å². The lowest BCUT2D eigenvalue weighted by Gasteiger charge is -2.40. The molecule has 6 nitrogen and oxygen atoms in total. The highest BCUT2D eigenvalue weighted by Crippen LogP contribution is 2.33. The van der Waals surface area contributed by atoms with Crippen LogP contribution < -0.4 is 10.2 Å². The average Bonchev–Trinajstić information content (AvgIpc) is 2.92. The van der Waals surface area contributed by atoms with Crippen LogP contribution in [0.25, 0.3) is 0 Å². The molecule has 0 aromatic heterocycles. The van der Waals surface area contributed by atoms with Crippen LogP contribution in [0.2, 0.25) is 0 Å². The maximum absolute atomic E-state index is 12.9. The van der Waals surface area contributed by atoms with Gasteiger partial charge in [0.1, 0.15) is 6.10 Å². The minimum absolute atomic E-state index is 0.0258. The Kier molecular flexibility index (Phi) is 8.13. The summed E-state index contributed by atoms with van der Waals surface area (Å²) in [6.07, 6.45) is -4.77. The lowest BCUT2D eigenvalue weighted by Crippen LogP contribution is -2.45. The first-order chi connectivity index (χ1) is 18.0. The van der Waals surface area contributed by atoms with Crippen LogP contribution in [0.3, 0.4) is 0 Å². The molecule has 1 amide bonds. The Morgan fingerprint density at radius 2 is 1.63 bits per heavy atom. The molecular formula is C28H29F3N2O4S. The quantitative estimate of drug-likeness (QED) is 0.430. The number of nitrogens with zero attached hydrogens (tertiary/aromatic N) is 1. The molecule has 1 heterocycles. The first-order valence-corrected chi connectivity index (χ1v) is 13.9. The minimum atomic E-state index is -4.39. The summed E-state index contributed by atoms with van der Waals surface area (Å²) in [4.78, 5) is 15.0. The van der Waals surface area contributed by atoms with Gasteiger partial charge in [-0.05, 0) is 66.6 Å². The van der Waals surface area contributed by atoms with Gasteiger partial charge in [-0.15, -0.1) is 0 Å². The Hall–Kier alpha value is -3.37. The van der Waals surface area contributed by atoms with E-state index < -0.39 is 21.6 Å². The summed E-state index contributed by atoms with van der Waals surface area (Å²) >= 11 is 0. The number of sulfone groups is 1. The van der Waals surface area contributed by atoms with Gasteiger partial charge in [0.05, 0.1) is 22.8 Å². The second-order valence-corrected chi connectivity index (χ2v) is 11.5. The van der Waals surface area contributed by atoms with E-state index in [-0.39, 0.29) is 35.2 Å². The molecule has 2 unspecified atom stereocenters. The summed E-state index contributed by atoms with van der Waals surface area (Å²) in [7, 11) is -3.27. The molecule has 2 atom stereocenters. The van der Waals surface area contributed by atoms with Gasteiger partial charge in [0.15, 0.2) is 9.84 Å². The van der Waals surface area contributed by atoms with E-state index in [1.54, 1.807) is 31.2 Å². The van der Waals surface area contributed by atoms with Crippen LogP contribution in [-0.4, -0.2) is 39.3 Å². The molecule has 1 aliphatic rings. The molecule has 0 saturated carbocycles. The predicted molar refractivity (Wildman–Crippen MR) is 139 cm³/mol. The molecule has 1 fully saturated rings. The smallest absolute Gasteiger partial charge is 0.370 e. The maximum atomic E-state index is 12.9. The van der Waals surface area contributed by atoms with Crippen molar-refractivity contribution in [2.75, 3.05) is 23.8 Å². The molecule has 0 spiro atoms. The fraction of sp³-hybridized carbons (Fsp3) is 0.321. The van der Waals surface area contributed by atoms with Crippen LogP contribution in [-0.2, 0) is 27.3 Å². The lowest BCUT2D eigenvalue weighted by atomic mass is 10.0. The zero-order chi connectivity index (χ0) is 27.5. The summed E-state index contributed by atoms with van der Waals surface area (Å²) in [6.45, 7) is 4.71. The molecule has 38 heavy (non-hydrogen) atoms. The number of morpholine rings is 1. The highest BCUT2D eigenvalue weighted by molar-refractivity contribution is 7.91. The Morgan fingerprint density at radius 1 is 1.00 bits per heavy atom. The molecule has 0 bridgehead atoms. The highest BCUT2D eigenvalue weighted by Gasteiger charge is 2.32. The van der Waals surface area contributed by atoms with Gasteiger partial charge in [-0.3, -0.25) is 4.79 Å². The number of rotatable bonds is 7. The number of amides is 1. The fourth-order valence-electron chi connectivity index (χ4n) is 4.27. The largest absolute Gasteiger partial charge is 0.416 e. The highest BCUT2D eigenvalue weighted by atomic mass is 32.2. The standard InChI is InChI=1S/C28H29F3N2O4S/c1-3-38(35,36)25-14-4-20(5-15-25)16-32-27(34)22-8-12-24(13-9-22)33-17-26(37-18-19(33)2)21-6-10-23(11-7-21)28(29,30)31/h4-15,19,26H,3,16-18H2,1-2H3,(H,32,34). The monoisotopic (exact) mass is 546 g/mol. The number of carbonyl (C=O) groups excluding carboxylic acids is 1. The van der Waals surface area contributed by atoms with Crippen molar-refractivity contribution >= 4 is 21.4 Å². The van der Waals surface area contributed by atoms with Gasteiger partial charge >= 0.3 is 6.18 Å². The van der Waals surface area contributed by atoms with Gasteiger partial charge in [0.25, 0.3) is 5.91 Å². The number of hydrogen-bond donors (Lipinski definition) is 1. The topological polar surface area (TPSA) is 75.7 Å². The van der Waals surface area contributed by atoms with Gasteiger partial charge in [-0.25, -0.2) is 8.42 Å². The zero-order valence-electron chi connectivity index (χ0n) is 21.0. The van der Waals surface area contributed by atoms with Crippen molar-refractivity contribution < 1.29 is 31.1 Å². The van der Waals surface area contributed by atoms with Crippen molar-refractivity contribution in [2.45, 2.75) is 43.6 Å². The van der Waals surface area contributed by atoms with Crippen LogP contribution in [0.1, 0.15) is 47.0 Å². The molecule has 3 aromatic rings. The summed E-state index contributed by atoms with van der Waals surface area (Å²) in [5.41, 5.74) is 2.10. The third kappa shape index (κ3) is 6.36. The van der Waals surface area contributed by atoms with E-state index in [0.717, 1.165) is 23.4 Å².